The van der Waals surface area contributed by atoms with E-state index in [0.29, 0.717) is 29.3 Å². The van der Waals surface area contributed by atoms with Crippen LogP contribution in [0.2, 0.25) is 5.02 Å². The van der Waals surface area contributed by atoms with Crippen molar-refractivity contribution in [1.29, 1.82) is 0 Å². The second kappa shape index (κ2) is 9.89. The third-order valence-corrected chi connectivity index (χ3v) is 2.44. The van der Waals surface area contributed by atoms with Gasteiger partial charge in [0.2, 0.25) is 0 Å². The normalized spacial score (nSPS) is 11.9. The average Bonchev–Trinajstić information content (AvgIpc) is 2.36. The first-order valence-corrected chi connectivity index (χ1v) is 6.14. The minimum Gasteiger partial charge on any atom is -0.478 e. The molecule has 8 heteroatoms. The fraction of sp³-hybridized carbons (Fsp3) is 0.231. The molecule has 0 fully saturated rings. The fourth-order valence-electron chi connectivity index (χ4n) is 1.26. The van der Waals surface area contributed by atoms with Gasteiger partial charge >= 0.3 is 11.9 Å². The first kappa shape index (κ1) is 19.1. The summed E-state index contributed by atoms with van der Waals surface area (Å²) in [5.74, 6) is 2.90. The highest BCUT2D eigenvalue weighted by molar-refractivity contribution is 6.31. The van der Waals surface area contributed by atoms with Crippen LogP contribution in [0.3, 0.4) is 0 Å². The molecule has 0 radical (unpaired) electrons. The summed E-state index contributed by atoms with van der Waals surface area (Å²) >= 11 is 5.88. The highest BCUT2D eigenvalue weighted by Gasteiger charge is 2.11. The summed E-state index contributed by atoms with van der Waals surface area (Å²) in [5.41, 5.74) is 0.710. The molecule has 0 aromatic heterocycles. The van der Waals surface area contributed by atoms with Gasteiger partial charge in [0.15, 0.2) is 0 Å². The molecule has 1 aromatic carbocycles. The number of halogens is 1. The second-order valence-electron chi connectivity index (χ2n) is 3.99. The molecular weight excluding hydrogens is 300 g/mol. The maximum atomic E-state index is 9.67. The Morgan fingerprint density at radius 3 is 2.14 bits per heavy atom. The van der Waals surface area contributed by atoms with E-state index in [4.69, 9.17) is 27.7 Å². The largest absolute Gasteiger partial charge is 0.478 e. The molecule has 0 spiro atoms. The van der Waals surface area contributed by atoms with Crippen LogP contribution in [0, 0.1) is 0 Å². The Kier molecular flexibility index (Phi) is 8.98. The van der Waals surface area contributed by atoms with E-state index in [2.05, 4.69) is 0 Å². The topological polar surface area (TPSA) is 124 Å². The summed E-state index contributed by atoms with van der Waals surface area (Å²) in [4.78, 5) is 19.1. The Labute approximate surface area is 126 Å². The van der Waals surface area contributed by atoms with Gasteiger partial charge in [-0.3, -0.25) is 5.84 Å². The van der Waals surface area contributed by atoms with Crippen molar-refractivity contribution in [3.05, 3.63) is 47.0 Å². The lowest BCUT2D eigenvalue weighted by Gasteiger charge is -2.16. The number of benzene rings is 1. The Balaban J connectivity index is 0.000000433. The van der Waals surface area contributed by atoms with Gasteiger partial charge in [0.1, 0.15) is 0 Å². The van der Waals surface area contributed by atoms with Crippen molar-refractivity contribution in [3.63, 3.8) is 0 Å². The number of nitrogens with zero attached hydrogens (tertiary/aromatic N) is 1. The van der Waals surface area contributed by atoms with Crippen LogP contribution in [0.5, 0.6) is 0 Å². The standard InChI is InChI=1S/C9H13ClN2O.C4H4O4/c1-12(11)6-9(13)7-4-2-3-5-8(7)10;5-3(6)1-2-4(7)8/h2-5,9,13H,6,11H2,1H3;1-2H,(H,5,6)(H,7,8)/b;2-1+. The molecule has 0 aliphatic heterocycles. The molecule has 7 nitrogen and oxygen atoms in total. The number of carboxylic acid groups (broad SMARTS) is 2. The summed E-state index contributed by atoms with van der Waals surface area (Å²) in [6, 6.07) is 7.19. The van der Waals surface area contributed by atoms with Gasteiger partial charge < -0.3 is 15.3 Å². The van der Waals surface area contributed by atoms with E-state index < -0.39 is 18.0 Å². The Morgan fingerprint density at radius 1 is 1.29 bits per heavy atom. The molecule has 1 atom stereocenters. The van der Waals surface area contributed by atoms with Crippen molar-refractivity contribution < 1.29 is 24.9 Å². The van der Waals surface area contributed by atoms with Crippen LogP contribution in [0.25, 0.3) is 0 Å². The number of hydrogen-bond acceptors (Lipinski definition) is 5. The van der Waals surface area contributed by atoms with Crippen LogP contribution in [0.1, 0.15) is 11.7 Å². The van der Waals surface area contributed by atoms with E-state index in [1.165, 1.54) is 5.01 Å². The summed E-state index contributed by atoms with van der Waals surface area (Å²) in [6.45, 7) is 0.365. The van der Waals surface area contributed by atoms with Crippen LogP contribution in [0.4, 0.5) is 0 Å². The first-order valence-electron chi connectivity index (χ1n) is 5.76. The van der Waals surface area contributed by atoms with Gasteiger partial charge in [-0.05, 0) is 6.07 Å². The predicted molar refractivity (Wildman–Crippen MR) is 77.6 cm³/mol. The summed E-state index contributed by atoms with van der Waals surface area (Å²) in [6.07, 6.45) is 0.480. The zero-order valence-corrected chi connectivity index (χ0v) is 12.1. The Bertz CT molecular complexity index is 489. The molecule has 0 bridgehead atoms. The Hall–Kier alpha value is -1.93. The molecule has 0 aliphatic rings. The van der Waals surface area contributed by atoms with E-state index in [1.807, 2.05) is 12.1 Å². The quantitative estimate of drug-likeness (QED) is 0.361. The fourth-order valence-corrected chi connectivity index (χ4v) is 1.52. The van der Waals surface area contributed by atoms with Gasteiger partial charge in [0.05, 0.1) is 6.10 Å². The highest BCUT2D eigenvalue weighted by atomic mass is 35.5. The van der Waals surface area contributed by atoms with Crippen molar-refractivity contribution in [1.82, 2.24) is 5.01 Å². The lowest BCUT2D eigenvalue weighted by atomic mass is 10.1. The molecule has 0 saturated carbocycles. The molecular formula is C13H17ClN2O5. The van der Waals surface area contributed by atoms with E-state index in [1.54, 1.807) is 19.2 Å². The minimum atomic E-state index is -1.26. The SMILES string of the molecule is CN(N)CC(O)c1ccccc1Cl.O=C(O)/C=C/C(=O)O. The smallest absolute Gasteiger partial charge is 0.328 e. The van der Waals surface area contributed by atoms with Crippen LogP contribution >= 0.6 is 11.6 Å². The number of carbonyl (C=O) groups is 2. The molecule has 1 aromatic rings. The monoisotopic (exact) mass is 316 g/mol. The van der Waals surface area contributed by atoms with Crippen LogP contribution in [-0.4, -0.2) is 45.9 Å². The highest BCUT2D eigenvalue weighted by Crippen LogP contribution is 2.22. The number of carboxylic acids is 2. The van der Waals surface area contributed by atoms with Crippen molar-refractivity contribution in [2.24, 2.45) is 5.84 Å². The molecule has 0 aliphatic carbocycles. The van der Waals surface area contributed by atoms with Crippen molar-refractivity contribution in [2.45, 2.75) is 6.10 Å². The number of hydrogen-bond donors (Lipinski definition) is 4. The van der Waals surface area contributed by atoms with Crippen LogP contribution in [0.15, 0.2) is 36.4 Å². The van der Waals surface area contributed by atoms with Gasteiger partial charge in [-0.1, -0.05) is 29.8 Å². The summed E-state index contributed by atoms with van der Waals surface area (Å²) in [7, 11) is 1.69. The lowest BCUT2D eigenvalue weighted by molar-refractivity contribution is -0.134. The maximum Gasteiger partial charge on any atom is 0.328 e. The third-order valence-electron chi connectivity index (χ3n) is 2.09. The number of aliphatic hydroxyl groups excluding tert-OH is 1. The van der Waals surface area contributed by atoms with Gasteiger partial charge in [-0.15, -0.1) is 0 Å². The zero-order chi connectivity index (χ0) is 16.4. The van der Waals surface area contributed by atoms with Crippen molar-refractivity contribution in [3.8, 4) is 0 Å². The van der Waals surface area contributed by atoms with E-state index in [9.17, 15) is 14.7 Å². The number of likely N-dealkylation sites (N-methyl/N-ethyl adjacent to an activating group) is 1. The van der Waals surface area contributed by atoms with Gasteiger partial charge in [-0.2, -0.15) is 0 Å². The Morgan fingerprint density at radius 2 is 1.76 bits per heavy atom. The van der Waals surface area contributed by atoms with Gasteiger partial charge in [0.25, 0.3) is 0 Å². The number of hydrazine groups is 1. The molecule has 116 valence electrons. The number of aliphatic carboxylic acids is 2. The van der Waals surface area contributed by atoms with E-state index in [0.717, 1.165) is 0 Å². The van der Waals surface area contributed by atoms with E-state index in [-0.39, 0.29) is 0 Å². The summed E-state index contributed by atoms with van der Waals surface area (Å²) < 4.78 is 0. The third kappa shape index (κ3) is 9.58. The lowest BCUT2D eigenvalue weighted by Crippen LogP contribution is -2.30. The maximum absolute atomic E-state index is 9.67. The zero-order valence-electron chi connectivity index (χ0n) is 11.3. The van der Waals surface area contributed by atoms with Crippen molar-refractivity contribution >= 4 is 23.5 Å². The molecule has 21 heavy (non-hydrogen) atoms. The summed E-state index contributed by atoms with van der Waals surface area (Å²) in [5, 5.41) is 27.3. The predicted octanol–water partition coefficient (Wildman–Crippen LogP) is 0.891. The number of rotatable bonds is 5. The minimum absolute atomic E-state index is 0.365. The average molecular weight is 317 g/mol. The molecule has 0 amide bonds. The van der Waals surface area contributed by atoms with E-state index >= 15 is 0 Å². The van der Waals surface area contributed by atoms with Gasteiger partial charge in [-0.25, -0.2) is 14.6 Å². The molecule has 1 unspecified atom stereocenters. The first-order chi connectivity index (χ1) is 9.73. The van der Waals surface area contributed by atoms with Crippen LogP contribution < -0.4 is 5.84 Å². The molecule has 5 N–H and O–H groups in total. The molecule has 0 saturated heterocycles. The molecule has 1 rings (SSSR count). The van der Waals surface area contributed by atoms with Crippen molar-refractivity contribution in [2.75, 3.05) is 13.6 Å². The van der Waals surface area contributed by atoms with Gasteiger partial charge in [0, 0.05) is 36.3 Å². The van der Waals surface area contributed by atoms with Crippen LogP contribution in [-0.2, 0) is 9.59 Å². The molecule has 0 heterocycles. The number of aliphatic hydroxyl groups is 1. The second-order valence-corrected chi connectivity index (χ2v) is 4.39. The number of nitrogens with two attached hydrogens (primary N) is 1.